The van der Waals surface area contributed by atoms with Crippen LogP contribution in [0.15, 0.2) is 83.8 Å². The Morgan fingerprint density at radius 2 is 1.64 bits per heavy atom. The monoisotopic (exact) mass is 705 g/mol. The summed E-state index contributed by atoms with van der Waals surface area (Å²) in [7, 11) is 0. The number of amides is 2. The fourth-order valence-corrected chi connectivity index (χ4v) is 7.34. The van der Waals surface area contributed by atoms with Crippen LogP contribution in [0.1, 0.15) is 49.9 Å². The molecule has 2 amide bonds. The molecule has 0 saturated carbocycles. The van der Waals surface area contributed by atoms with E-state index in [1.54, 1.807) is 32.5 Å². The summed E-state index contributed by atoms with van der Waals surface area (Å²) in [6.45, 7) is 10.0. The minimum atomic E-state index is -1.08. The molecular weight excluding hydrogens is 655 g/mol. The first-order valence-corrected chi connectivity index (χ1v) is 18.5. The number of nitrogens with zero attached hydrogens (tertiary/aromatic N) is 1. The molecule has 11 heteroatoms. The van der Waals surface area contributed by atoms with Crippen molar-refractivity contribution in [1.82, 2.24) is 15.5 Å². The Morgan fingerprint density at radius 1 is 0.960 bits per heavy atom. The first-order chi connectivity index (χ1) is 24.0. The minimum Gasteiger partial charge on any atom is -0.492 e. The lowest BCUT2D eigenvalue weighted by molar-refractivity contribution is -0.127. The quantitative estimate of drug-likeness (QED) is 0.188. The Labute approximate surface area is 299 Å². The molecule has 2 aliphatic heterocycles. The van der Waals surface area contributed by atoms with Crippen molar-refractivity contribution in [1.29, 1.82) is 0 Å². The Morgan fingerprint density at radius 3 is 2.36 bits per heavy atom. The number of benzene rings is 3. The van der Waals surface area contributed by atoms with Gasteiger partial charge in [-0.2, -0.15) is 0 Å². The van der Waals surface area contributed by atoms with Gasteiger partial charge in [0.1, 0.15) is 18.0 Å². The number of hydrogen-bond donors (Lipinski definition) is 4. The van der Waals surface area contributed by atoms with Crippen LogP contribution >= 0.6 is 11.8 Å². The molecule has 2 aliphatic rings. The van der Waals surface area contributed by atoms with Crippen LogP contribution in [0, 0.1) is 5.92 Å². The van der Waals surface area contributed by atoms with Gasteiger partial charge < -0.3 is 35.1 Å². The number of morpholine rings is 1. The number of ether oxygens (including phenoxy) is 3. The highest BCUT2D eigenvalue weighted by Gasteiger charge is 2.34. The second kappa shape index (κ2) is 18.1. The highest BCUT2D eigenvalue weighted by molar-refractivity contribution is 7.99. The van der Waals surface area contributed by atoms with Crippen molar-refractivity contribution in [2.45, 2.75) is 74.8 Å². The summed E-state index contributed by atoms with van der Waals surface area (Å²) in [6, 6.07) is 23.8. The number of aliphatic hydroxyl groups is 2. The van der Waals surface area contributed by atoms with Gasteiger partial charge in [0.15, 0.2) is 0 Å². The number of carbonyl (C=O) groups excluding carboxylic acids is 2. The zero-order chi connectivity index (χ0) is 35.5. The number of rotatable bonds is 14. The minimum absolute atomic E-state index is 0.0656. The average molecular weight is 706 g/mol. The average Bonchev–Trinajstić information content (AvgIpc) is 3.09. The van der Waals surface area contributed by atoms with Crippen LogP contribution in [0.5, 0.6) is 5.75 Å². The van der Waals surface area contributed by atoms with Crippen molar-refractivity contribution in [2.75, 3.05) is 45.2 Å². The van der Waals surface area contributed by atoms with E-state index in [0.717, 1.165) is 60.2 Å². The second-order valence-electron chi connectivity index (χ2n) is 14.0. The van der Waals surface area contributed by atoms with E-state index < -0.39 is 41.9 Å². The number of aliphatic hydroxyl groups excluding tert-OH is 2. The molecule has 4 N–H and O–H groups in total. The molecule has 270 valence electrons. The second-order valence-corrected chi connectivity index (χ2v) is 15.1. The Kier molecular flexibility index (Phi) is 13.6. The van der Waals surface area contributed by atoms with Crippen molar-refractivity contribution >= 4 is 23.8 Å². The molecule has 1 fully saturated rings. The summed E-state index contributed by atoms with van der Waals surface area (Å²) < 4.78 is 17.0. The van der Waals surface area contributed by atoms with E-state index in [2.05, 4.69) is 15.5 Å². The number of hydrogen-bond acceptors (Lipinski definition) is 9. The van der Waals surface area contributed by atoms with Crippen LogP contribution < -0.4 is 15.4 Å². The largest absolute Gasteiger partial charge is 0.492 e. The lowest BCUT2D eigenvalue weighted by Gasteiger charge is -2.33. The lowest BCUT2D eigenvalue weighted by Crippen LogP contribution is -2.49. The molecule has 0 bridgehead atoms. The Balaban J connectivity index is 1.32. The van der Waals surface area contributed by atoms with Gasteiger partial charge in [0.05, 0.1) is 37.5 Å². The first-order valence-electron chi connectivity index (χ1n) is 17.5. The van der Waals surface area contributed by atoms with Gasteiger partial charge in [0.2, 0.25) is 5.91 Å². The maximum atomic E-state index is 14.2. The van der Waals surface area contributed by atoms with Crippen molar-refractivity contribution in [3.8, 4) is 5.75 Å². The zero-order valence-corrected chi connectivity index (χ0v) is 30.1. The van der Waals surface area contributed by atoms with Crippen LogP contribution in [0.2, 0.25) is 0 Å². The predicted molar refractivity (Wildman–Crippen MR) is 194 cm³/mol. The molecule has 3 aromatic carbocycles. The van der Waals surface area contributed by atoms with E-state index in [1.807, 2.05) is 78.9 Å². The first kappa shape index (κ1) is 37.6. The summed E-state index contributed by atoms with van der Waals surface area (Å²) in [5.41, 5.74) is 1.98. The fraction of sp³-hybridized carbons (Fsp3) is 0.487. The predicted octanol–water partition coefficient (Wildman–Crippen LogP) is 4.77. The molecule has 0 radical (unpaired) electrons. The molecule has 3 aromatic rings. The van der Waals surface area contributed by atoms with Crippen molar-refractivity contribution in [2.24, 2.45) is 5.92 Å². The van der Waals surface area contributed by atoms with Gasteiger partial charge in [0, 0.05) is 36.2 Å². The molecule has 5 rings (SSSR count). The fourth-order valence-electron chi connectivity index (χ4n) is 6.27. The maximum absolute atomic E-state index is 14.2. The molecule has 0 aliphatic carbocycles. The van der Waals surface area contributed by atoms with Gasteiger partial charge >= 0.3 is 6.09 Å². The third-order valence-electron chi connectivity index (χ3n) is 8.89. The number of alkyl carbamates (subject to hydrolysis) is 1. The molecule has 10 nitrogen and oxygen atoms in total. The molecule has 5 atom stereocenters. The molecular formula is C39H51N3O7S. The third kappa shape index (κ3) is 11.5. The molecule has 0 aromatic heterocycles. The summed E-state index contributed by atoms with van der Waals surface area (Å²) in [4.78, 5) is 30.4. The molecule has 1 saturated heterocycles. The van der Waals surface area contributed by atoms with Gasteiger partial charge in [-0.15, -0.1) is 11.8 Å². The zero-order valence-electron chi connectivity index (χ0n) is 29.3. The van der Waals surface area contributed by atoms with Crippen LogP contribution in [-0.4, -0.2) is 96.2 Å². The Bertz CT molecular complexity index is 1510. The van der Waals surface area contributed by atoms with E-state index in [-0.39, 0.29) is 12.3 Å². The molecule has 2 heterocycles. The van der Waals surface area contributed by atoms with Gasteiger partial charge in [-0.1, -0.05) is 60.7 Å². The van der Waals surface area contributed by atoms with Crippen molar-refractivity contribution in [3.05, 3.63) is 95.6 Å². The van der Waals surface area contributed by atoms with Crippen LogP contribution in [-0.2, 0) is 27.1 Å². The summed E-state index contributed by atoms with van der Waals surface area (Å²) >= 11 is 1.56. The van der Waals surface area contributed by atoms with Gasteiger partial charge in [-0.25, -0.2) is 4.79 Å². The van der Waals surface area contributed by atoms with E-state index in [9.17, 15) is 19.8 Å². The number of carbonyl (C=O) groups is 2. The standard InChI is InChI=1S/C39H51N3O7S/c1-39(2,3)49-38(46)40-32(24-27-9-5-4-6-10-27)33(43)25-29(37(45)41-36-31-11-7-8-12-35(31)50-26-34(36)44)23-28-13-15-30(16-14-28)48-22-19-42-17-20-47-21-18-42/h4-16,29,32-34,36,43-44H,17-26H2,1-3H3,(H,40,46)(H,41,45). The summed E-state index contributed by atoms with van der Waals surface area (Å²) in [5.74, 6) is 0.246. The van der Waals surface area contributed by atoms with Crippen LogP contribution in [0.25, 0.3) is 0 Å². The van der Waals surface area contributed by atoms with Gasteiger partial charge in [0.25, 0.3) is 0 Å². The molecule has 0 spiro atoms. The van der Waals surface area contributed by atoms with Crippen molar-refractivity contribution in [3.63, 3.8) is 0 Å². The van der Waals surface area contributed by atoms with E-state index in [4.69, 9.17) is 14.2 Å². The van der Waals surface area contributed by atoms with E-state index in [0.29, 0.717) is 25.2 Å². The van der Waals surface area contributed by atoms with Gasteiger partial charge in [-0.3, -0.25) is 9.69 Å². The number of nitrogens with one attached hydrogen (secondary N) is 2. The topological polar surface area (TPSA) is 130 Å². The number of fused-ring (bicyclic) bond motifs is 1. The van der Waals surface area contributed by atoms with Gasteiger partial charge in [-0.05, 0) is 74.9 Å². The lowest BCUT2D eigenvalue weighted by atomic mass is 9.88. The Hall–Kier alpha value is -3.61. The van der Waals surface area contributed by atoms with Crippen LogP contribution in [0.3, 0.4) is 0 Å². The summed E-state index contributed by atoms with van der Waals surface area (Å²) in [6.07, 6.45) is -1.74. The third-order valence-corrected chi connectivity index (χ3v) is 10.1. The SMILES string of the molecule is CC(C)(C)OC(=O)NC(Cc1ccccc1)C(O)CC(Cc1ccc(OCCN2CCOCC2)cc1)C(=O)NC1c2ccccc2SCC1O. The molecule has 50 heavy (non-hydrogen) atoms. The molecule has 5 unspecified atom stereocenters. The number of thioether (sulfide) groups is 1. The highest BCUT2D eigenvalue weighted by atomic mass is 32.2. The maximum Gasteiger partial charge on any atom is 0.407 e. The van der Waals surface area contributed by atoms with Crippen molar-refractivity contribution < 1.29 is 34.0 Å². The normalized spacial score (nSPS) is 19.8. The summed E-state index contributed by atoms with van der Waals surface area (Å²) in [5, 5.41) is 28.7. The van der Waals surface area contributed by atoms with E-state index in [1.165, 1.54) is 0 Å². The van der Waals surface area contributed by atoms with Crippen LogP contribution in [0.4, 0.5) is 4.79 Å². The van der Waals surface area contributed by atoms with E-state index >= 15 is 0 Å². The highest BCUT2D eigenvalue weighted by Crippen LogP contribution is 2.36. The smallest absolute Gasteiger partial charge is 0.407 e.